The van der Waals surface area contributed by atoms with E-state index in [9.17, 15) is 9.36 Å². The van der Waals surface area contributed by atoms with Crippen LogP contribution >= 0.6 is 7.82 Å². The van der Waals surface area contributed by atoms with Crippen LogP contribution in [-0.4, -0.2) is 41.7 Å². The third kappa shape index (κ3) is 34.0. The molecule has 42 heavy (non-hydrogen) atoms. The predicted octanol–water partition coefficient (Wildman–Crippen LogP) is 10.6. The predicted molar refractivity (Wildman–Crippen MR) is 175 cm³/mol. The van der Waals surface area contributed by atoms with Gasteiger partial charge in [0.15, 0.2) is 0 Å². The summed E-state index contributed by atoms with van der Waals surface area (Å²) in [5, 5.41) is 0. The zero-order valence-corrected chi connectivity index (χ0v) is 28.6. The van der Waals surface area contributed by atoms with Gasteiger partial charge in [-0.15, -0.1) is 0 Å². The van der Waals surface area contributed by atoms with E-state index in [0.717, 1.165) is 32.1 Å². The summed E-state index contributed by atoms with van der Waals surface area (Å²) in [6.45, 7) is 4.77. The van der Waals surface area contributed by atoms with Gasteiger partial charge in [-0.25, -0.2) is 4.57 Å². The Morgan fingerprint density at radius 2 is 0.905 bits per heavy atom. The van der Waals surface area contributed by atoms with Gasteiger partial charge in [0.25, 0.3) is 0 Å². The molecule has 0 spiro atoms. The van der Waals surface area contributed by atoms with Crippen molar-refractivity contribution >= 4 is 13.8 Å². The zero-order chi connectivity index (χ0) is 31.0. The van der Waals surface area contributed by atoms with Gasteiger partial charge in [0.1, 0.15) is 6.10 Å². The summed E-state index contributed by atoms with van der Waals surface area (Å²) < 4.78 is 26.8. The number of phosphoric acid groups is 1. The van der Waals surface area contributed by atoms with Crippen LogP contribution in [-0.2, 0) is 23.4 Å². The van der Waals surface area contributed by atoms with Gasteiger partial charge in [-0.2, -0.15) is 0 Å². The van der Waals surface area contributed by atoms with E-state index in [-0.39, 0.29) is 19.2 Å². The summed E-state index contributed by atoms with van der Waals surface area (Å²) >= 11 is 0. The maximum Gasteiger partial charge on any atom is 0.469 e. The quantitative estimate of drug-likeness (QED) is 0.0419. The van der Waals surface area contributed by atoms with E-state index < -0.39 is 13.9 Å². The number of esters is 1. The van der Waals surface area contributed by atoms with E-state index in [2.05, 4.69) is 18.4 Å². The molecule has 7 nitrogen and oxygen atoms in total. The fourth-order valence-electron chi connectivity index (χ4n) is 5.26. The number of carbonyl (C=O) groups excluding carboxylic acids is 1. The van der Waals surface area contributed by atoms with Crippen molar-refractivity contribution in [2.75, 3.05) is 19.8 Å². The van der Waals surface area contributed by atoms with Gasteiger partial charge < -0.3 is 19.3 Å². The Labute approximate surface area is 259 Å². The van der Waals surface area contributed by atoms with Crippen LogP contribution in [0.15, 0.2) is 0 Å². The topological polar surface area (TPSA) is 102 Å². The summed E-state index contributed by atoms with van der Waals surface area (Å²) in [6.07, 6.45) is 32.3. The molecule has 0 bridgehead atoms. The lowest BCUT2D eigenvalue weighted by Gasteiger charge is -2.18. The molecule has 0 aliphatic carbocycles. The molecule has 0 aromatic rings. The van der Waals surface area contributed by atoms with Crippen LogP contribution in [0.2, 0.25) is 0 Å². The van der Waals surface area contributed by atoms with Gasteiger partial charge in [-0.05, 0) is 12.8 Å². The minimum absolute atomic E-state index is 0.0859. The minimum atomic E-state index is -4.64. The van der Waals surface area contributed by atoms with E-state index in [1.165, 1.54) is 135 Å². The third-order valence-electron chi connectivity index (χ3n) is 7.91. The van der Waals surface area contributed by atoms with E-state index >= 15 is 0 Å². The van der Waals surface area contributed by atoms with Crippen molar-refractivity contribution in [2.45, 2.75) is 193 Å². The highest BCUT2D eigenvalue weighted by atomic mass is 31.2. The molecule has 1 atom stereocenters. The van der Waals surface area contributed by atoms with Crippen molar-refractivity contribution < 1.29 is 33.1 Å². The minimum Gasteiger partial charge on any atom is -0.457 e. The van der Waals surface area contributed by atoms with Crippen LogP contribution in [0.3, 0.4) is 0 Å². The number of phosphoric ester groups is 1. The molecule has 0 aliphatic rings. The van der Waals surface area contributed by atoms with Gasteiger partial charge in [-0.3, -0.25) is 9.32 Å². The molecule has 0 aromatic carbocycles. The summed E-state index contributed by atoms with van der Waals surface area (Å²) in [5.74, 6) is -0.360. The molecule has 0 rings (SSSR count). The average molecular weight is 621 g/mol. The van der Waals surface area contributed by atoms with Crippen molar-refractivity contribution in [3.05, 3.63) is 0 Å². The summed E-state index contributed by atoms with van der Waals surface area (Å²) in [5.41, 5.74) is 0. The van der Waals surface area contributed by atoms with Crippen molar-refractivity contribution in [2.24, 2.45) is 0 Å². The lowest BCUT2D eigenvalue weighted by atomic mass is 10.0. The van der Waals surface area contributed by atoms with Gasteiger partial charge >= 0.3 is 13.8 Å². The van der Waals surface area contributed by atoms with Gasteiger partial charge in [0.2, 0.25) is 0 Å². The first-order valence-electron chi connectivity index (χ1n) is 17.9. The Bertz CT molecular complexity index is 611. The largest absolute Gasteiger partial charge is 0.469 e. The van der Waals surface area contributed by atoms with Crippen molar-refractivity contribution in [3.8, 4) is 0 Å². The fourth-order valence-corrected chi connectivity index (χ4v) is 5.63. The molecule has 0 amide bonds. The standard InChI is InChI=1S/C34H69O7P/c1-3-5-7-9-11-13-15-17-18-20-22-24-26-28-30-39-31-33(32-40-42(36,37)38)41-34(35)29-27-25-23-21-19-16-14-12-10-8-6-4-2/h33H,3-32H2,1-2H3,(H2,36,37,38)/t33-/m1/s1. The lowest BCUT2D eigenvalue weighted by molar-refractivity contribution is -0.154. The summed E-state index contributed by atoms with van der Waals surface area (Å²) in [4.78, 5) is 30.4. The molecule has 0 aliphatic heterocycles. The van der Waals surface area contributed by atoms with Crippen molar-refractivity contribution in [1.82, 2.24) is 0 Å². The van der Waals surface area contributed by atoms with Gasteiger partial charge in [0, 0.05) is 13.0 Å². The highest BCUT2D eigenvalue weighted by molar-refractivity contribution is 7.46. The Hall–Kier alpha value is -0.460. The Morgan fingerprint density at radius 1 is 0.548 bits per heavy atom. The Balaban J connectivity index is 3.81. The van der Waals surface area contributed by atoms with Crippen LogP contribution in [0.25, 0.3) is 0 Å². The highest BCUT2D eigenvalue weighted by Crippen LogP contribution is 2.35. The summed E-state index contributed by atoms with van der Waals surface area (Å²) in [6, 6.07) is 0. The number of hydrogen-bond acceptors (Lipinski definition) is 5. The lowest BCUT2D eigenvalue weighted by Crippen LogP contribution is -2.28. The van der Waals surface area contributed by atoms with E-state index in [4.69, 9.17) is 19.3 Å². The molecule has 0 heterocycles. The molecule has 0 aromatic heterocycles. The highest BCUT2D eigenvalue weighted by Gasteiger charge is 2.21. The maximum absolute atomic E-state index is 12.3. The third-order valence-corrected chi connectivity index (χ3v) is 8.39. The Kier molecular flexibility index (Phi) is 31.6. The summed E-state index contributed by atoms with van der Waals surface area (Å²) in [7, 11) is -4.64. The second kappa shape index (κ2) is 31.9. The van der Waals surface area contributed by atoms with E-state index in [1.54, 1.807) is 0 Å². The molecule has 252 valence electrons. The molecule has 8 heteroatoms. The fraction of sp³-hybridized carbons (Fsp3) is 0.971. The molecule has 0 saturated heterocycles. The number of ether oxygens (including phenoxy) is 2. The first kappa shape index (κ1) is 41.5. The molecular formula is C34H69O7P. The van der Waals surface area contributed by atoms with Crippen LogP contribution in [0.5, 0.6) is 0 Å². The van der Waals surface area contributed by atoms with Crippen molar-refractivity contribution in [3.63, 3.8) is 0 Å². The second-order valence-electron chi connectivity index (χ2n) is 12.2. The van der Waals surface area contributed by atoms with Gasteiger partial charge in [0.05, 0.1) is 13.2 Å². The zero-order valence-electron chi connectivity index (χ0n) is 27.7. The first-order valence-corrected chi connectivity index (χ1v) is 19.4. The number of rotatable bonds is 34. The van der Waals surface area contributed by atoms with E-state index in [1.807, 2.05) is 0 Å². The van der Waals surface area contributed by atoms with Crippen LogP contribution < -0.4 is 0 Å². The maximum atomic E-state index is 12.3. The number of hydrogen-bond donors (Lipinski definition) is 2. The monoisotopic (exact) mass is 620 g/mol. The van der Waals surface area contributed by atoms with Crippen LogP contribution in [0, 0.1) is 0 Å². The number of carbonyl (C=O) groups is 1. The molecule has 0 radical (unpaired) electrons. The van der Waals surface area contributed by atoms with E-state index in [0.29, 0.717) is 13.0 Å². The smallest absolute Gasteiger partial charge is 0.457 e. The normalized spacial score (nSPS) is 12.6. The average Bonchev–Trinajstić information content (AvgIpc) is 2.95. The van der Waals surface area contributed by atoms with Crippen LogP contribution in [0.1, 0.15) is 187 Å². The molecule has 0 fully saturated rings. The molecule has 0 unspecified atom stereocenters. The van der Waals surface area contributed by atoms with Crippen molar-refractivity contribution in [1.29, 1.82) is 0 Å². The Morgan fingerprint density at radius 3 is 1.29 bits per heavy atom. The SMILES string of the molecule is CCCCCCCCCCCCCCCCOC[C@H](COP(=O)(O)O)OC(=O)CCCCCCCCCCCCCC. The molecule has 2 N–H and O–H groups in total. The molecular weight excluding hydrogens is 551 g/mol. The molecule has 0 saturated carbocycles. The first-order chi connectivity index (χ1) is 20.4. The number of unbranched alkanes of at least 4 members (excludes halogenated alkanes) is 24. The van der Waals surface area contributed by atoms with Crippen LogP contribution in [0.4, 0.5) is 0 Å². The van der Waals surface area contributed by atoms with Gasteiger partial charge in [-0.1, -0.05) is 168 Å². The second-order valence-corrected chi connectivity index (χ2v) is 13.4.